The quantitative estimate of drug-likeness (QED) is 0.340. The zero-order valence-electron chi connectivity index (χ0n) is 16.5. The highest BCUT2D eigenvalue weighted by Crippen LogP contribution is 2.28. The van der Waals surface area contributed by atoms with E-state index in [4.69, 9.17) is 33.3 Å². The molecule has 7 heteroatoms. The maximum atomic E-state index is 12.0. The Bertz CT molecular complexity index is 871. The Morgan fingerprint density at radius 2 is 2.00 bits per heavy atom. The van der Waals surface area contributed by atoms with Gasteiger partial charge in [0.25, 0.3) is 0 Å². The highest BCUT2D eigenvalue weighted by atomic mass is 35.5. The number of methoxy groups -OCH3 is 1. The molecule has 0 aliphatic carbocycles. The van der Waals surface area contributed by atoms with Crippen molar-refractivity contribution in [3.05, 3.63) is 64.7 Å². The summed E-state index contributed by atoms with van der Waals surface area (Å²) in [6.45, 7) is 3.21. The van der Waals surface area contributed by atoms with E-state index in [2.05, 4.69) is 17.6 Å². The van der Waals surface area contributed by atoms with Crippen LogP contribution in [0.1, 0.15) is 30.9 Å². The smallest absolute Gasteiger partial charge is 0.250 e. The summed E-state index contributed by atoms with van der Waals surface area (Å²) in [7, 11) is 1.61. The fourth-order valence-corrected chi connectivity index (χ4v) is 2.79. The number of nitrogens with one attached hydrogen (secondary N) is 2. The summed E-state index contributed by atoms with van der Waals surface area (Å²) in [4.78, 5) is 12.0. The lowest BCUT2D eigenvalue weighted by Crippen LogP contribution is -2.37. The minimum absolute atomic E-state index is 0.237. The predicted octanol–water partition coefficient (Wildman–Crippen LogP) is 4.73. The highest BCUT2D eigenvalue weighted by Gasteiger charge is 2.07. The number of unbranched alkanes of at least 4 members (excludes halogenated alkanes) is 1. The number of thiocarbonyl (C=S) groups is 1. The van der Waals surface area contributed by atoms with E-state index < -0.39 is 0 Å². The van der Waals surface area contributed by atoms with Crippen molar-refractivity contribution in [2.24, 2.45) is 0 Å². The maximum absolute atomic E-state index is 12.0. The van der Waals surface area contributed by atoms with E-state index in [0.717, 1.165) is 24.0 Å². The average molecular weight is 433 g/mol. The fourth-order valence-electron chi connectivity index (χ4n) is 2.42. The minimum atomic E-state index is -0.334. The fraction of sp³-hybridized carbons (Fsp3) is 0.273. The third kappa shape index (κ3) is 7.75. The molecule has 2 N–H and O–H groups in total. The molecule has 0 heterocycles. The van der Waals surface area contributed by atoms with Crippen LogP contribution in [-0.4, -0.2) is 24.7 Å². The van der Waals surface area contributed by atoms with Gasteiger partial charge in [-0.2, -0.15) is 0 Å². The first-order valence-electron chi connectivity index (χ1n) is 9.34. The van der Waals surface area contributed by atoms with Crippen LogP contribution in [0.5, 0.6) is 11.5 Å². The van der Waals surface area contributed by atoms with Gasteiger partial charge in [-0.15, -0.1) is 0 Å². The lowest BCUT2D eigenvalue weighted by atomic mass is 10.2. The molecule has 1 amide bonds. The van der Waals surface area contributed by atoms with Gasteiger partial charge in [0.1, 0.15) is 0 Å². The first-order valence-corrected chi connectivity index (χ1v) is 10.1. The summed E-state index contributed by atoms with van der Waals surface area (Å²) in [6.07, 6.45) is 5.09. The number of benzene rings is 2. The molecule has 29 heavy (non-hydrogen) atoms. The minimum Gasteiger partial charge on any atom is -0.493 e. The number of hydrogen-bond donors (Lipinski definition) is 2. The van der Waals surface area contributed by atoms with Gasteiger partial charge in [0, 0.05) is 17.6 Å². The van der Waals surface area contributed by atoms with Crippen molar-refractivity contribution in [3.8, 4) is 11.5 Å². The van der Waals surface area contributed by atoms with Gasteiger partial charge in [-0.05, 0) is 54.0 Å². The molecule has 0 fully saturated rings. The SMILES string of the molecule is CCCCOc1ccc(CNC(=S)NC(=O)/C=C/c2ccccc2Cl)cc1OC. The third-order valence-corrected chi connectivity index (χ3v) is 4.58. The first-order chi connectivity index (χ1) is 14.0. The number of rotatable bonds is 9. The van der Waals surface area contributed by atoms with Crippen LogP contribution in [0.2, 0.25) is 5.02 Å². The van der Waals surface area contributed by atoms with Crippen LogP contribution in [0.4, 0.5) is 0 Å². The molecule has 0 atom stereocenters. The molecule has 0 aliphatic heterocycles. The number of carbonyl (C=O) groups is 1. The normalized spacial score (nSPS) is 10.6. The molecule has 154 valence electrons. The third-order valence-electron chi connectivity index (χ3n) is 3.99. The van der Waals surface area contributed by atoms with Gasteiger partial charge >= 0.3 is 0 Å². The van der Waals surface area contributed by atoms with E-state index in [1.54, 1.807) is 19.3 Å². The molecule has 0 unspecified atom stereocenters. The number of carbonyl (C=O) groups excluding carboxylic acids is 1. The summed E-state index contributed by atoms with van der Waals surface area (Å²) in [5.74, 6) is 1.04. The standard InChI is InChI=1S/C22H25ClN2O3S/c1-3-4-13-28-19-11-9-16(14-20(19)27-2)15-24-22(29)25-21(26)12-10-17-7-5-6-8-18(17)23/h5-12,14H,3-4,13,15H2,1-2H3,(H2,24,25,26,29)/b12-10+. The first kappa shape index (κ1) is 22.7. The lowest BCUT2D eigenvalue weighted by Gasteiger charge is -2.13. The molecule has 0 saturated heterocycles. The zero-order chi connectivity index (χ0) is 21.1. The Morgan fingerprint density at radius 1 is 1.21 bits per heavy atom. The van der Waals surface area contributed by atoms with Crippen molar-refractivity contribution >= 4 is 40.9 Å². The molecule has 0 aromatic heterocycles. The van der Waals surface area contributed by atoms with Gasteiger partial charge in [-0.25, -0.2) is 0 Å². The zero-order valence-corrected chi connectivity index (χ0v) is 18.1. The van der Waals surface area contributed by atoms with Crippen molar-refractivity contribution in [2.45, 2.75) is 26.3 Å². The molecule has 2 rings (SSSR count). The summed E-state index contributed by atoms with van der Waals surface area (Å²) in [5.41, 5.74) is 1.71. The average Bonchev–Trinajstić information content (AvgIpc) is 2.72. The Morgan fingerprint density at radius 3 is 2.72 bits per heavy atom. The van der Waals surface area contributed by atoms with E-state index in [1.807, 2.05) is 36.4 Å². The Hall–Kier alpha value is -2.57. The van der Waals surface area contributed by atoms with Crippen molar-refractivity contribution in [3.63, 3.8) is 0 Å². The monoisotopic (exact) mass is 432 g/mol. The van der Waals surface area contributed by atoms with Crippen LogP contribution in [0.25, 0.3) is 6.08 Å². The van der Waals surface area contributed by atoms with Gasteiger partial charge in [0.2, 0.25) is 5.91 Å². The van der Waals surface area contributed by atoms with Crippen molar-refractivity contribution in [1.82, 2.24) is 10.6 Å². The van der Waals surface area contributed by atoms with Gasteiger partial charge < -0.3 is 14.8 Å². The summed E-state index contributed by atoms with van der Waals surface area (Å²) >= 11 is 11.2. The molecule has 0 aliphatic rings. The van der Waals surface area contributed by atoms with E-state index in [9.17, 15) is 4.79 Å². The molecule has 2 aromatic carbocycles. The topological polar surface area (TPSA) is 59.6 Å². The van der Waals surface area contributed by atoms with E-state index in [1.165, 1.54) is 6.08 Å². The molecule has 0 bridgehead atoms. The van der Waals surface area contributed by atoms with Gasteiger partial charge in [0.15, 0.2) is 16.6 Å². The van der Waals surface area contributed by atoms with Crippen LogP contribution in [0, 0.1) is 0 Å². The van der Waals surface area contributed by atoms with Gasteiger partial charge in [-0.3, -0.25) is 10.1 Å². The van der Waals surface area contributed by atoms with Crippen molar-refractivity contribution in [2.75, 3.05) is 13.7 Å². The largest absolute Gasteiger partial charge is 0.493 e. The Balaban J connectivity index is 1.85. The summed E-state index contributed by atoms with van der Waals surface area (Å²) in [5, 5.41) is 6.43. The van der Waals surface area contributed by atoms with Gasteiger partial charge in [0.05, 0.1) is 13.7 Å². The molecule has 0 radical (unpaired) electrons. The van der Waals surface area contributed by atoms with Crippen molar-refractivity contribution < 1.29 is 14.3 Å². The second kappa shape index (κ2) is 12.1. The van der Waals surface area contributed by atoms with E-state index >= 15 is 0 Å². The Kier molecular flexibility index (Phi) is 9.47. The van der Waals surface area contributed by atoms with E-state index in [0.29, 0.717) is 29.7 Å². The molecule has 2 aromatic rings. The molecule has 0 saturated carbocycles. The van der Waals surface area contributed by atoms with Crippen LogP contribution in [-0.2, 0) is 11.3 Å². The van der Waals surface area contributed by atoms with E-state index in [-0.39, 0.29) is 11.0 Å². The highest BCUT2D eigenvalue weighted by molar-refractivity contribution is 7.80. The van der Waals surface area contributed by atoms with Crippen LogP contribution >= 0.6 is 23.8 Å². The molecular weight excluding hydrogens is 408 g/mol. The number of hydrogen-bond acceptors (Lipinski definition) is 4. The van der Waals surface area contributed by atoms with Crippen LogP contribution in [0.15, 0.2) is 48.5 Å². The predicted molar refractivity (Wildman–Crippen MR) is 121 cm³/mol. The van der Waals surface area contributed by atoms with Gasteiger partial charge in [-0.1, -0.05) is 49.2 Å². The lowest BCUT2D eigenvalue weighted by molar-refractivity contribution is -0.115. The molecular formula is C22H25ClN2O3S. The number of ether oxygens (including phenoxy) is 2. The molecule has 0 spiro atoms. The van der Waals surface area contributed by atoms with Crippen LogP contribution in [0.3, 0.4) is 0 Å². The van der Waals surface area contributed by atoms with Crippen molar-refractivity contribution in [1.29, 1.82) is 0 Å². The maximum Gasteiger partial charge on any atom is 0.250 e. The number of halogens is 1. The summed E-state index contributed by atoms with van der Waals surface area (Å²) < 4.78 is 11.1. The summed E-state index contributed by atoms with van der Waals surface area (Å²) in [6, 6.07) is 13.0. The Labute approximate surface area is 182 Å². The second-order valence-corrected chi connectivity index (χ2v) is 7.03. The molecule has 5 nitrogen and oxygen atoms in total. The van der Waals surface area contributed by atoms with Crippen LogP contribution < -0.4 is 20.1 Å². The number of amides is 1. The second-order valence-electron chi connectivity index (χ2n) is 6.21.